The zero-order valence-electron chi connectivity index (χ0n) is 9.45. The SMILES string of the molecule is CCSC1CCC(Nc2cccc(Cl)n2)C1. The molecular weight excluding hydrogens is 240 g/mol. The maximum absolute atomic E-state index is 5.85. The molecule has 0 aromatic carbocycles. The zero-order valence-corrected chi connectivity index (χ0v) is 11.0. The van der Waals surface area contributed by atoms with Crippen LogP contribution in [0.4, 0.5) is 5.82 Å². The van der Waals surface area contributed by atoms with Gasteiger partial charge in [0.1, 0.15) is 11.0 Å². The van der Waals surface area contributed by atoms with Crippen LogP contribution in [0.1, 0.15) is 26.2 Å². The Bertz CT molecular complexity index is 346. The summed E-state index contributed by atoms with van der Waals surface area (Å²) in [7, 11) is 0. The molecule has 1 fully saturated rings. The summed E-state index contributed by atoms with van der Waals surface area (Å²) in [6, 6.07) is 6.28. The quantitative estimate of drug-likeness (QED) is 0.829. The molecule has 0 spiro atoms. The molecule has 4 heteroatoms. The van der Waals surface area contributed by atoms with Crippen molar-refractivity contribution in [3.05, 3.63) is 23.4 Å². The second kappa shape index (κ2) is 5.78. The maximum atomic E-state index is 5.85. The Labute approximate surface area is 106 Å². The monoisotopic (exact) mass is 256 g/mol. The second-order valence-electron chi connectivity index (χ2n) is 4.08. The molecule has 0 amide bonds. The van der Waals surface area contributed by atoms with E-state index < -0.39 is 0 Å². The second-order valence-corrected chi connectivity index (χ2v) is 6.04. The van der Waals surface area contributed by atoms with Crippen LogP contribution in [0, 0.1) is 0 Å². The molecule has 0 aliphatic heterocycles. The highest BCUT2D eigenvalue weighted by Gasteiger charge is 2.24. The molecule has 1 aliphatic carbocycles. The third-order valence-electron chi connectivity index (χ3n) is 2.85. The molecule has 1 aromatic heterocycles. The molecule has 2 atom stereocenters. The summed E-state index contributed by atoms with van der Waals surface area (Å²) in [5.41, 5.74) is 0. The summed E-state index contributed by atoms with van der Waals surface area (Å²) >= 11 is 7.92. The van der Waals surface area contributed by atoms with Crippen molar-refractivity contribution in [3.8, 4) is 0 Å². The van der Waals surface area contributed by atoms with Gasteiger partial charge >= 0.3 is 0 Å². The van der Waals surface area contributed by atoms with E-state index in [1.54, 1.807) is 6.07 Å². The van der Waals surface area contributed by atoms with Gasteiger partial charge in [0.15, 0.2) is 0 Å². The normalized spacial score (nSPS) is 24.6. The van der Waals surface area contributed by atoms with Gasteiger partial charge in [-0.25, -0.2) is 4.98 Å². The average Bonchev–Trinajstić information content (AvgIpc) is 2.66. The Morgan fingerprint density at radius 3 is 3.12 bits per heavy atom. The minimum atomic E-state index is 0.558. The molecule has 0 saturated heterocycles. The number of rotatable bonds is 4. The number of thioether (sulfide) groups is 1. The number of pyridine rings is 1. The zero-order chi connectivity index (χ0) is 11.4. The van der Waals surface area contributed by atoms with Crippen LogP contribution < -0.4 is 5.32 Å². The molecule has 2 unspecified atom stereocenters. The van der Waals surface area contributed by atoms with Gasteiger partial charge in [-0.2, -0.15) is 11.8 Å². The van der Waals surface area contributed by atoms with Crippen LogP contribution in [0.5, 0.6) is 0 Å². The van der Waals surface area contributed by atoms with Crippen molar-refractivity contribution >= 4 is 29.2 Å². The minimum Gasteiger partial charge on any atom is -0.367 e. The van der Waals surface area contributed by atoms with E-state index in [-0.39, 0.29) is 0 Å². The minimum absolute atomic E-state index is 0.558. The third-order valence-corrected chi connectivity index (χ3v) is 4.30. The van der Waals surface area contributed by atoms with Crippen LogP contribution in [0.3, 0.4) is 0 Å². The number of hydrogen-bond acceptors (Lipinski definition) is 3. The standard InChI is InChI=1S/C12H17ClN2S/c1-2-16-10-7-6-9(8-10)14-12-5-3-4-11(13)15-12/h3-5,9-10H,2,6-8H2,1H3,(H,14,15). The Balaban J connectivity index is 1.87. The lowest BCUT2D eigenvalue weighted by molar-refractivity contribution is 0.752. The van der Waals surface area contributed by atoms with Crippen molar-refractivity contribution in [1.29, 1.82) is 0 Å². The van der Waals surface area contributed by atoms with E-state index in [1.807, 2.05) is 12.1 Å². The lowest BCUT2D eigenvalue weighted by Gasteiger charge is -2.13. The lowest BCUT2D eigenvalue weighted by atomic mass is 10.2. The maximum Gasteiger partial charge on any atom is 0.131 e. The summed E-state index contributed by atoms with van der Waals surface area (Å²) in [5, 5.41) is 4.84. The van der Waals surface area contributed by atoms with Gasteiger partial charge in [0.2, 0.25) is 0 Å². The molecule has 1 heterocycles. The lowest BCUT2D eigenvalue weighted by Crippen LogP contribution is -2.16. The van der Waals surface area contributed by atoms with E-state index in [1.165, 1.54) is 25.0 Å². The molecule has 1 N–H and O–H groups in total. The van der Waals surface area contributed by atoms with Gasteiger partial charge < -0.3 is 5.32 Å². The highest BCUT2D eigenvalue weighted by Crippen LogP contribution is 2.31. The molecule has 1 aliphatic rings. The summed E-state index contributed by atoms with van der Waals surface area (Å²) in [6.07, 6.45) is 3.80. The predicted molar refractivity (Wildman–Crippen MR) is 72.4 cm³/mol. The van der Waals surface area contributed by atoms with E-state index in [4.69, 9.17) is 11.6 Å². The van der Waals surface area contributed by atoms with Crippen LogP contribution in [-0.2, 0) is 0 Å². The first-order chi connectivity index (χ1) is 7.78. The molecule has 88 valence electrons. The largest absolute Gasteiger partial charge is 0.367 e. The highest BCUT2D eigenvalue weighted by atomic mass is 35.5. The number of aromatic nitrogens is 1. The molecule has 1 saturated carbocycles. The summed E-state index contributed by atoms with van der Waals surface area (Å²) in [5.74, 6) is 2.12. The van der Waals surface area contributed by atoms with Crippen molar-refractivity contribution in [1.82, 2.24) is 4.98 Å². The van der Waals surface area contributed by atoms with Crippen LogP contribution >= 0.6 is 23.4 Å². The van der Waals surface area contributed by atoms with Crippen LogP contribution in [0.25, 0.3) is 0 Å². The Morgan fingerprint density at radius 2 is 2.38 bits per heavy atom. The van der Waals surface area contributed by atoms with E-state index in [9.17, 15) is 0 Å². The third kappa shape index (κ3) is 3.29. The summed E-state index contributed by atoms with van der Waals surface area (Å²) < 4.78 is 0. The van der Waals surface area contributed by atoms with Gasteiger partial charge in [-0.05, 0) is 37.1 Å². The van der Waals surface area contributed by atoms with E-state index >= 15 is 0 Å². The number of hydrogen-bond donors (Lipinski definition) is 1. The van der Waals surface area contributed by atoms with Crippen molar-refractivity contribution in [2.75, 3.05) is 11.1 Å². The predicted octanol–water partition coefficient (Wildman–Crippen LogP) is 3.82. The molecule has 2 nitrogen and oxygen atoms in total. The van der Waals surface area contributed by atoms with Gasteiger partial charge in [-0.15, -0.1) is 0 Å². The molecule has 1 aromatic rings. The average molecular weight is 257 g/mol. The molecule has 0 radical (unpaired) electrons. The van der Waals surface area contributed by atoms with Crippen molar-refractivity contribution in [2.24, 2.45) is 0 Å². The number of anilines is 1. The number of nitrogens with zero attached hydrogens (tertiary/aromatic N) is 1. The van der Waals surface area contributed by atoms with Crippen molar-refractivity contribution in [2.45, 2.75) is 37.5 Å². The Kier molecular flexibility index (Phi) is 4.36. The van der Waals surface area contributed by atoms with E-state index in [2.05, 4.69) is 29.0 Å². The van der Waals surface area contributed by atoms with Gasteiger partial charge in [0, 0.05) is 11.3 Å². The van der Waals surface area contributed by atoms with Gasteiger partial charge in [-0.1, -0.05) is 24.6 Å². The molecular formula is C12H17ClN2S. The molecule has 16 heavy (non-hydrogen) atoms. The fourth-order valence-corrected chi connectivity index (χ4v) is 3.46. The number of halogens is 1. The van der Waals surface area contributed by atoms with E-state index in [0.29, 0.717) is 11.2 Å². The highest BCUT2D eigenvalue weighted by molar-refractivity contribution is 7.99. The van der Waals surface area contributed by atoms with E-state index in [0.717, 1.165) is 11.1 Å². The fourth-order valence-electron chi connectivity index (χ4n) is 2.16. The Hall–Kier alpha value is -0.410. The van der Waals surface area contributed by atoms with Crippen LogP contribution in [-0.4, -0.2) is 22.0 Å². The van der Waals surface area contributed by atoms with Gasteiger partial charge in [-0.3, -0.25) is 0 Å². The van der Waals surface area contributed by atoms with Crippen LogP contribution in [0.15, 0.2) is 18.2 Å². The van der Waals surface area contributed by atoms with Gasteiger partial charge in [0.25, 0.3) is 0 Å². The first-order valence-corrected chi connectivity index (χ1v) is 7.21. The number of nitrogens with one attached hydrogen (secondary N) is 1. The molecule has 2 rings (SSSR count). The summed E-state index contributed by atoms with van der Waals surface area (Å²) in [4.78, 5) is 4.26. The van der Waals surface area contributed by atoms with Crippen molar-refractivity contribution < 1.29 is 0 Å². The Morgan fingerprint density at radius 1 is 1.50 bits per heavy atom. The van der Waals surface area contributed by atoms with Crippen LogP contribution in [0.2, 0.25) is 5.15 Å². The summed E-state index contributed by atoms with van der Waals surface area (Å²) in [6.45, 7) is 2.23. The smallest absolute Gasteiger partial charge is 0.131 e. The molecule has 0 bridgehead atoms. The van der Waals surface area contributed by atoms with Gasteiger partial charge in [0.05, 0.1) is 0 Å². The van der Waals surface area contributed by atoms with Crippen molar-refractivity contribution in [3.63, 3.8) is 0 Å². The first-order valence-electron chi connectivity index (χ1n) is 5.78. The first kappa shape index (κ1) is 12.1. The fraction of sp³-hybridized carbons (Fsp3) is 0.583. The topological polar surface area (TPSA) is 24.9 Å².